The van der Waals surface area contributed by atoms with Crippen molar-refractivity contribution in [2.75, 3.05) is 20.0 Å². The van der Waals surface area contributed by atoms with Crippen LogP contribution in [0.3, 0.4) is 0 Å². The number of carbonyl (C=O) groups is 2. The topological polar surface area (TPSA) is 119 Å². The van der Waals surface area contributed by atoms with E-state index in [0.29, 0.717) is 17.0 Å². The van der Waals surface area contributed by atoms with Crippen molar-refractivity contribution in [2.45, 2.75) is 18.9 Å². The molecule has 0 aliphatic heterocycles. The molecule has 1 aromatic carbocycles. The molecule has 0 bridgehead atoms. The molecule has 1 aromatic heterocycles. The van der Waals surface area contributed by atoms with Crippen LogP contribution in [0.4, 0.5) is 5.95 Å². The maximum Gasteiger partial charge on any atom is 0.328 e. The van der Waals surface area contributed by atoms with Crippen molar-refractivity contribution < 1.29 is 19.1 Å². The molecule has 0 fully saturated rings. The maximum absolute atomic E-state index is 12.5. The van der Waals surface area contributed by atoms with Crippen LogP contribution < -0.4 is 15.8 Å². The average molecular weight is 516 g/mol. The van der Waals surface area contributed by atoms with Crippen molar-refractivity contribution in [1.82, 2.24) is 15.3 Å². The third kappa shape index (κ3) is 5.59. The van der Waals surface area contributed by atoms with Crippen molar-refractivity contribution in [3.8, 4) is 5.75 Å². The van der Waals surface area contributed by atoms with Gasteiger partial charge < -0.3 is 25.5 Å². The van der Waals surface area contributed by atoms with E-state index < -0.39 is 17.9 Å². The first-order chi connectivity index (χ1) is 13.2. The highest BCUT2D eigenvalue weighted by Gasteiger charge is 2.24. The molecular formula is C18H20Br2N4O4. The maximum atomic E-state index is 12.5. The summed E-state index contributed by atoms with van der Waals surface area (Å²) in [5.74, 6) is -0.149. The fraction of sp³-hybridized carbons (Fsp3) is 0.278. The van der Waals surface area contributed by atoms with E-state index in [1.807, 2.05) is 12.1 Å². The summed E-state index contributed by atoms with van der Waals surface area (Å²) in [6.45, 7) is 3.84. The number of anilines is 1. The molecule has 28 heavy (non-hydrogen) atoms. The van der Waals surface area contributed by atoms with Gasteiger partial charge >= 0.3 is 5.97 Å². The number of nitrogen functional groups attached to an aromatic ring is 1. The van der Waals surface area contributed by atoms with Gasteiger partial charge in [0.05, 0.1) is 29.4 Å². The Morgan fingerprint density at radius 2 is 1.96 bits per heavy atom. The minimum absolute atomic E-state index is 0.162. The Kier molecular flexibility index (Phi) is 7.64. The van der Waals surface area contributed by atoms with Crippen molar-refractivity contribution in [3.63, 3.8) is 0 Å². The standard InChI is InChI=1S/C18H20Br2N4O4/c1-9(4-10-5-12(19)15(27-2)13(20)6-10)16(25)24-14(17(26)28-3)7-11-8-22-18(21)23-11/h5-6,8,14H,1,4,7H2,2-3H3,(H,24,25)(H3,21,22,23). The van der Waals surface area contributed by atoms with Crippen LogP contribution in [0.1, 0.15) is 11.3 Å². The van der Waals surface area contributed by atoms with Gasteiger partial charge in [-0.1, -0.05) is 6.58 Å². The minimum Gasteiger partial charge on any atom is -0.494 e. The van der Waals surface area contributed by atoms with E-state index in [0.717, 1.165) is 14.5 Å². The number of nitrogens with one attached hydrogen (secondary N) is 2. The van der Waals surface area contributed by atoms with Crippen molar-refractivity contribution in [1.29, 1.82) is 0 Å². The minimum atomic E-state index is -0.900. The number of methoxy groups -OCH3 is 2. The second kappa shape index (κ2) is 9.74. The molecule has 0 spiro atoms. The highest BCUT2D eigenvalue weighted by Crippen LogP contribution is 2.34. The Balaban J connectivity index is 2.08. The number of H-pyrrole nitrogens is 1. The van der Waals surface area contributed by atoms with Gasteiger partial charge in [0, 0.05) is 24.1 Å². The number of ether oxygens (including phenoxy) is 2. The lowest BCUT2D eigenvalue weighted by atomic mass is 10.0. The molecule has 0 saturated heterocycles. The Morgan fingerprint density at radius 3 is 2.46 bits per heavy atom. The number of aromatic amines is 1. The van der Waals surface area contributed by atoms with Gasteiger partial charge in [-0.2, -0.15) is 0 Å². The first-order valence-electron chi connectivity index (χ1n) is 8.12. The van der Waals surface area contributed by atoms with Gasteiger partial charge in [0.25, 0.3) is 0 Å². The first-order valence-corrected chi connectivity index (χ1v) is 9.71. The van der Waals surface area contributed by atoms with Crippen LogP contribution in [0.5, 0.6) is 5.75 Å². The number of hydrogen-bond donors (Lipinski definition) is 3. The van der Waals surface area contributed by atoms with Gasteiger partial charge in [0.2, 0.25) is 5.91 Å². The summed E-state index contributed by atoms with van der Waals surface area (Å²) in [5, 5.41) is 2.65. The molecule has 10 heteroatoms. The quantitative estimate of drug-likeness (QED) is 0.367. The summed E-state index contributed by atoms with van der Waals surface area (Å²) in [6, 6.07) is 2.78. The summed E-state index contributed by atoms with van der Waals surface area (Å²) in [4.78, 5) is 31.3. The van der Waals surface area contributed by atoms with Gasteiger partial charge in [-0.05, 0) is 49.6 Å². The number of nitrogens with zero attached hydrogens (tertiary/aromatic N) is 1. The zero-order valence-corrected chi connectivity index (χ0v) is 18.5. The predicted molar refractivity (Wildman–Crippen MR) is 112 cm³/mol. The average Bonchev–Trinajstić information content (AvgIpc) is 3.05. The van der Waals surface area contributed by atoms with E-state index in [4.69, 9.17) is 15.2 Å². The lowest BCUT2D eigenvalue weighted by Crippen LogP contribution is -2.43. The van der Waals surface area contributed by atoms with E-state index in [1.54, 1.807) is 7.11 Å². The molecule has 1 unspecified atom stereocenters. The Bertz CT molecular complexity index is 874. The largest absolute Gasteiger partial charge is 0.494 e. The van der Waals surface area contributed by atoms with Gasteiger partial charge in [-0.15, -0.1) is 0 Å². The third-order valence-corrected chi connectivity index (χ3v) is 5.04. The zero-order chi connectivity index (χ0) is 20.8. The molecule has 150 valence electrons. The van der Waals surface area contributed by atoms with Crippen LogP contribution in [-0.2, 0) is 27.2 Å². The lowest BCUT2D eigenvalue weighted by Gasteiger charge is -2.17. The molecule has 2 rings (SSSR count). The first kappa shape index (κ1) is 22.0. The number of imidazole rings is 1. The van der Waals surface area contributed by atoms with Crippen molar-refractivity contribution in [3.05, 3.63) is 50.7 Å². The number of halogens is 2. The zero-order valence-electron chi connectivity index (χ0n) is 15.3. The van der Waals surface area contributed by atoms with Crippen LogP contribution >= 0.6 is 31.9 Å². The van der Waals surface area contributed by atoms with E-state index in [2.05, 4.69) is 53.7 Å². The molecular weight excluding hydrogens is 496 g/mol. The summed E-state index contributed by atoms with van der Waals surface area (Å²) >= 11 is 6.85. The fourth-order valence-electron chi connectivity index (χ4n) is 2.53. The summed E-state index contributed by atoms with van der Waals surface area (Å²) in [6.07, 6.45) is 1.95. The fourth-order valence-corrected chi connectivity index (χ4v) is 4.14. The normalized spacial score (nSPS) is 11.6. The Morgan fingerprint density at radius 1 is 1.32 bits per heavy atom. The number of esters is 1. The van der Waals surface area contributed by atoms with E-state index in [9.17, 15) is 9.59 Å². The summed E-state index contributed by atoms with van der Waals surface area (Å²) in [5.41, 5.74) is 7.28. The molecule has 1 heterocycles. The molecule has 1 atom stereocenters. The number of hydrogen-bond acceptors (Lipinski definition) is 6. The lowest BCUT2D eigenvalue weighted by molar-refractivity contribution is -0.144. The van der Waals surface area contributed by atoms with Crippen molar-refractivity contribution in [2.24, 2.45) is 0 Å². The molecule has 1 amide bonds. The molecule has 0 radical (unpaired) electrons. The molecule has 2 aromatic rings. The highest BCUT2D eigenvalue weighted by molar-refractivity contribution is 9.11. The number of nitrogens with two attached hydrogens (primary N) is 1. The summed E-state index contributed by atoms with van der Waals surface area (Å²) in [7, 11) is 2.82. The molecule has 8 nitrogen and oxygen atoms in total. The molecule has 0 saturated carbocycles. The molecule has 0 aliphatic carbocycles. The van der Waals surface area contributed by atoms with Gasteiger partial charge in [0.1, 0.15) is 11.8 Å². The van der Waals surface area contributed by atoms with Gasteiger partial charge in [-0.3, -0.25) is 4.79 Å². The van der Waals surface area contributed by atoms with Gasteiger partial charge in [-0.25, -0.2) is 9.78 Å². The second-order valence-corrected chi connectivity index (χ2v) is 7.63. The molecule has 0 aliphatic rings. The number of carbonyl (C=O) groups excluding carboxylic acids is 2. The van der Waals surface area contributed by atoms with Crippen LogP contribution in [0.25, 0.3) is 0 Å². The van der Waals surface area contributed by atoms with Crippen LogP contribution in [0.15, 0.2) is 39.4 Å². The second-order valence-electron chi connectivity index (χ2n) is 5.92. The van der Waals surface area contributed by atoms with E-state index in [1.165, 1.54) is 13.3 Å². The highest BCUT2D eigenvalue weighted by atomic mass is 79.9. The number of amides is 1. The smallest absolute Gasteiger partial charge is 0.328 e. The SMILES string of the molecule is C=C(Cc1cc(Br)c(OC)c(Br)c1)C(=O)NC(Cc1cnc(N)[nH]1)C(=O)OC. The Hall–Kier alpha value is -2.33. The van der Waals surface area contributed by atoms with Crippen LogP contribution in [-0.4, -0.2) is 42.1 Å². The number of aromatic nitrogens is 2. The van der Waals surface area contributed by atoms with Crippen LogP contribution in [0, 0.1) is 0 Å². The van der Waals surface area contributed by atoms with Crippen LogP contribution in [0.2, 0.25) is 0 Å². The van der Waals surface area contributed by atoms with E-state index >= 15 is 0 Å². The van der Waals surface area contributed by atoms with E-state index in [-0.39, 0.29) is 18.8 Å². The monoisotopic (exact) mass is 514 g/mol. The number of benzene rings is 1. The molecule has 4 N–H and O–H groups in total. The Labute approximate surface area is 179 Å². The third-order valence-electron chi connectivity index (χ3n) is 3.86. The van der Waals surface area contributed by atoms with Gasteiger partial charge in [0.15, 0.2) is 5.95 Å². The van der Waals surface area contributed by atoms with Crippen molar-refractivity contribution >= 4 is 49.7 Å². The summed E-state index contributed by atoms with van der Waals surface area (Å²) < 4.78 is 11.5. The predicted octanol–water partition coefficient (Wildman–Crippen LogP) is 2.52. The number of rotatable bonds is 8.